The van der Waals surface area contributed by atoms with Crippen LogP contribution in [-0.2, 0) is 9.53 Å². The maximum absolute atomic E-state index is 12.8. The van der Waals surface area contributed by atoms with Gasteiger partial charge >= 0.3 is 5.97 Å². The Kier molecular flexibility index (Phi) is 6.00. The van der Waals surface area contributed by atoms with Gasteiger partial charge in [-0.2, -0.15) is 5.26 Å². The third-order valence-corrected chi connectivity index (χ3v) is 5.31. The molecule has 1 aromatic heterocycles. The number of para-hydroxylation sites is 1. The van der Waals surface area contributed by atoms with E-state index in [4.69, 9.17) is 4.74 Å². The summed E-state index contributed by atoms with van der Waals surface area (Å²) in [7, 11) is 1.63. The van der Waals surface area contributed by atoms with Gasteiger partial charge in [0.1, 0.15) is 11.1 Å². The number of benzene rings is 1. The number of hydrogen-bond donors (Lipinski definition) is 0. The number of aromatic nitrogens is 1. The highest BCUT2D eigenvalue weighted by Gasteiger charge is 2.30. The lowest BCUT2D eigenvalue weighted by Gasteiger charge is -2.22. The molecule has 3 rings (SSSR count). The summed E-state index contributed by atoms with van der Waals surface area (Å²) in [4.78, 5) is 31.4. The monoisotopic (exact) mass is 395 g/mol. The molecule has 1 fully saturated rings. The summed E-state index contributed by atoms with van der Waals surface area (Å²) in [5, 5.41) is 10.0. The van der Waals surface area contributed by atoms with Crippen molar-refractivity contribution in [1.29, 1.82) is 5.26 Å². The molecule has 144 valence electrons. The van der Waals surface area contributed by atoms with Gasteiger partial charge in [-0.05, 0) is 44.2 Å². The molecular formula is C21H21N3O3S. The fourth-order valence-electron chi connectivity index (χ4n) is 2.87. The molecule has 1 amide bonds. The molecule has 0 spiro atoms. The minimum absolute atomic E-state index is 0.172. The normalized spacial score (nSPS) is 14.1. The minimum Gasteiger partial charge on any atom is -0.449 e. The molecule has 1 saturated carbocycles. The molecule has 2 aromatic rings. The summed E-state index contributed by atoms with van der Waals surface area (Å²) in [6.45, 7) is 1.53. The van der Waals surface area contributed by atoms with Crippen LogP contribution in [0.1, 0.15) is 47.3 Å². The Labute approximate surface area is 168 Å². The smallest absolute Gasteiger partial charge is 0.340 e. The van der Waals surface area contributed by atoms with Crippen LogP contribution in [0.4, 0.5) is 5.69 Å². The fourth-order valence-corrected chi connectivity index (χ4v) is 3.43. The number of thioether (sulfide) groups is 1. The van der Waals surface area contributed by atoms with Gasteiger partial charge in [0.15, 0.2) is 6.10 Å². The van der Waals surface area contributed by atoms with Crippen LogP contribution in [0.25, 0.3) is 0 Å². The van der Waals surface area contributed by atoms with Crippen LogP contribution in [0.3, 0.4) is 0 Å². The highest BCUT2D eigenvalue weighted by Crippen LogP contribution is 2.40. The second-order valence-corrected chi connectivity index (χ2v) is 7.44. The Morgan fingerprint density at radius 1 is 1.32 bits per heavy atom. The van der Waals surface area contributed by atoms with Gasteiger partial charge in [0.2, 0.25) is 0 Å². The lowest BCUT2D eigenvalue weighted by Crippen LogP contribution is -2.37. The van der Waals surface area contributed by atoms with Crippen molar-refractivity contribution in [3.05, 3.63) is 53.2 Å². The van der Waals surface area contributed by atoms with E-state index in [1.165, 1.54) is 23.6 Å². The number of nitriles is 1. The van der Waals surface area contributed by atoms with Crippen molar-refractivity contribution in [3.8, 4) is 6.07 Å². The van der Waals surface area contributed by atoms with Gasteiger partial charge in [0.05, 0.1) is 11.1 Å². The van der Waals surface area contributed by atoms with Crippen LogP contribution in [0.15, 0.2) is 41.4 Å². The molecule has 1 unspecified atom stereocenters. The third kappa shape index (κ3) is 4.18. The number of carbonyl (C=O) groups excluding carboxylic acids is 2. The first-order valence-corrected chi connectivity index (χ1v) is 10.2. The zero-order valence-electron chi connectivity index (χ0n) is 16.0. The third-order valence-electron chi connectivity index (χ3n) is 4.63. The summed E-state index contributed by atoms with van der Waals surface area (Å²) in [6, 6.07) is 12.8. The highest BCUT2D eigenvalue weighted by molar-refractivity contribution is 7.98. The topological polar surface area (TPSA) is 83.3 Å². The van der Waals surface area contributed by atoms with Crippen molar-refractivity contribution < 1.29 is 14.3 Å². The van der Waals surface area contributed by atoms with E-state index in [0.29, 0.717) is 16.6 Å². The molecular weight excluding hydrogens is 374 g/mol. The predicted octanol–water partition coefficient (Wildman–Crippen LogP) is 3.76. The van der Waals surface area contributed by atoms with Gasteiger partial charge < -0.3 is 9.64 Å². The lowest BCUT2D eigenvalue weighted by molar-refractivity contribution is -0.126. The zero-order chi connectivity index (χ0) is 20.3. The second kappa shape index (κ2) is 8.44. The van der Waals surface area contributed by atoms with E-state index in [-0.39, 0.29) is 17.0 Å². The first-order valence-electron chi connectivity index (χ1n) is 8.98. The van der Waals surface area contributed by atoms with Crippen molar-refractivity contribution in [2.45, 2.75) is 36.8 Å². The maximum atomic E-state index is 12.8. The molecule has 7 heteroatoms. The SMILES string of the molecule is CSc1nc(C2CC2)cc(C(=O)OC(C)C(=O)N(C)c2ccccc2)c1C#N. The van der Waals surface area contributed by atoms with Gasteiger partial charge in [0.25, 0.3) is 5.91 Å². The standard InChI is InChI=1S/C21H21N3O3S/c1-13(20(25)24(2)15-7-5-4-6-8-15)27-21(26)16-11-18(14-9-10-14)23-19(28-3)17(16)12-22/h4-8,11,13-14H,9-10H2,1-3H3. The number of carbonyl (C=O) groups is 2. The van der Waals surface area contributed by atoms with E-state index in [1.807, 2.05) is 24.5 Å². The fraction of sp³-hybridized carbons (Fsp3) is 0.333. The van der Waals surface area contributed by atoms with Crippen LogP contribution < -0.4 is 4.90 Å². The number of ether oxygens (including phenoxy) is 1. The second-order valence-electron chi connectivity index (χ2n) is 6.65. The Morgan fingerprint density at radius 2 is 2.00 bits per heavy atom. The van der Waals surface area contributed by atoms with Crippen molar-refractivity contribution in [1.82, 2.24) is 4.98 Å². The Hall–Kier alpha value is -2.85. The minimum atomic E-state index is -0.987. The first-order chi connectivity index (χ1) is 13.5. The summed E-state index contributed by atoms with van der Waals surface area (Å²) < 4.78 is 5.42. The lowest BCUT2D eigenvalue weighted by atomic mass is 10.1. The van der Waals surface area contributed by atoms with Crippen LogP contribution in [0.5, 0.6) is 0 Å². The van der Waals surface area contributed by atoms with Crippen molar-refractivity contribution >= 4 is 29.3 Å². The van der Waals surface area contributed by atoms with Crippen molar-refractivity contribution in [2.75, 3.05) is 18.2 Å². The van der Waals surface area contributed by atoms with E-state index in [1.54, 1.807) is 25.2 Å². The number of rotatable bonds is 6. The first kappa shape index (κ1) is 19.9. The summed E-state index contributed by atoms with van der Waals surface area (Å²) in [5.41, 5.74) is 1.87. The molecule has 0 bridgehead atoms. The number of pyridine rings is 1. The van der Waals surface area contributed by atoms with Crippen LogP contribution in [0.2, 0.25) is 0 Å². The van der Waals surface area contributed by atoms with E-state index in [0.717, 1.165) is 18.5 Å². The average Bonchev–Trinajstić information content (AvgIpc) is 3.57. The molecule has 0 saturated heterocycles. The number of amides is 1. The molecule has 0 N–H and O–H groups in total. The van der Waals surface area contributed by atoms with E-state index < -0.39 is 12.1 Å². The molecule has 1 heterocycles. The highest BCUT2D eigenvalue weighted by atomic mass is 32.2. The number of anilines is 1. The summed E-state index contributed by atoms with van der Waals surface area (Å²) >= 11 is 1.32. The van der Waals surface area contributed by atoms with E-state index >= 15 is 0 Å². The number of nitrogens with zero attached hydrogens (tertiary/aromatic N) is 3. The van der Waals surface area contributed by atoms with Crippen LogP contribution >= 0.6 is 11.8 Å². The Bertz CT molecular complexity index is 936. The number of hydrogen-bond acceptors (Lipinski definition) is 6. The average molecular weight is 395 g/mol. The molecule has 0 aliphatic heterocycles. The predicted molar refractivity (Wildman–Crippen MR) is 107 cm³/mol. The molecule has 28 heavy (non-hydrogen) atoms. The van der Waals surface area contributed by atoms with Crippen molar-refractivity contribution in [3.63, 3.8) is 0 Å². The molecule has 0 radical (unpaired) electrons. The summed E-state index contributed by atoms with van der Waals surface area (Å²) in [5.74, 6) is -0.702. The number of esters is 1. The Balaban J connectivity index is 1.81. The Morgan fingerprint density at radius 3 is 2.57 bits per heavy atom. The molecule has 1 atom stereocenters. The number of likely N-dealkylation sites (N-methyl/N-ethyl adjacent to an activating group) is 1. The zero-order valence-corrected chi connectivity index (χ0v) is 16.8. The van der Waals surface area contributed by atoms with Gasteiger partial charge in [-0.3, -0.25) is 4.79 Å². The molecule has 1 aliphatic rings. The maximum Gasteiger partial charge on any atom is 0.340 e. The van der Waals surface area contributed by atoms with E-state index in [2.05, 4.69) is 11.1 Å². The quantitative estimate of drug-likeness (QED) is 0.547. The molecule has 6 nitrogen and oxygen atoms in total. The molecule has 1 aromatic carbocycles. The van der Waals surface area contributed by atoms with Crippen molar-refractivity contribution in [2.24, 2.45) is 0 Å². The van der Waals surface area contributed by atoms with Gasteiger partial charge in [-0.15, -0.1) is 11.8 Å². The summed E-state index contributed by atoms with van der Waals surface area (Å²) in [6.07, 6.45) is 2.88. The van der Waals surface area contributed by atoms with Crippen LogP contribution in [0, 0.1) is 11.3 Å². The van der Waals surface area contributed by atoms with E-state index in [9.17, 15) is 14.9 Å². The van der Waals surface area contributed by atoms with Gasteiger partial charge in [-0.25, -0.2) is 9.78 Å². The van der Waals surface area contributed by atoms with Crippen LogP contribution in [-0.4, -0.2) is 36.3 Å². The largest absolute Gasteiger partial charge is 0.449 e. The van der Waals surface area contributed by atoms with Gasteiger partial charge in [0, 0.05) is 24.3 Å². The molecule has 1 aliphatic carbocycles. The van der Waals surface area contributed by atoms with Gasteiger partial charge in [-0.1, -0.05) is 18.2 Å².